The highest BCUT2D eigenvalue weighted by Gasteiger charge is 2.72. The van der Waals surface area contributed by atoms with Crippen LogP contribution in [0.3, 0.4) is 0 Å². The molecule has 5 unspecified atom stereocenters. The molecule has 0 aromatic heterocycles. The first-order chi connectivity index (χ1) is 13.0. The van der Waals surface area contributed by atoms with Gasteiger partial charge in [0.15, 0.2) is 0 Å². The summed E-state index contributed by atoms with van der Waals surface area (Å²) < 4.78 is 6.16. The Hall–Kier alpha value is -2.15. The van der Waals surface area contributed by atoms with Crippen molar-refractivity contribution in [1.29, 1.82) is 0 Å². The largest absolute Gasteiger partial charge is 0.359 e. The smallest absolute Gasteiger partial charge is 0.246 e. The maximum absolute atomic E-state index is 13.3. The molecule has 27 heavy (non-hydrogen) atoms. The van der Waals surface area contributed by atoms with Gasteiger partial charge in [0, 0.05) is 19.6 Å². The molecule has 0 radical (unpaired) electrons. The van der Waals surface area contributed by atoms with Gasteiger partial charge in [0.1, 0.15) is 11.6 Å². The number of carbonyl (C=O) groups excluding carboxylic acids is 3. The quantitative estimate of drug-likeness (QED) is 0.688. The normalized spacial score (nSPS) is 37.4. The second-order valence-electron chi connectivity index (χ2n) is 7.94. The molecule has 1 saturated carbocycles. The molecule has 4 rings (SSSR count). The van der Waals surface area contributed by atoms with Gasteiger partial charge in [-0.1, -0.05) is 37.5 Å². The zero-order chi connectivity index (χ0) is 19.2. The van der Waals surface area contributed by atoms with Crippen LogP contribution in [0.4, 0.5) is 0 Å². The van der Waals surface area contributed by atoms with E-state index in [1.165, 1.54) is 11.3 Å². The Morgan fingerprint density at radius 1 is 1.33 bits per heavy atom. The van der Waals surface area contributed by atoms with Crippen molar-refractivity contribution in [2.45, 2.75) is 55.9 Å². The van der Waals surface area contributed by atoms with Crippen LogP contribution >= 0.6 is 0 Å². The second kappa shape index (κ2) is 6.78. The molecule has 3 fully saturated rings. The lowest BCUT2D eigenvalue weighted by atomic mass is 9.74. The first-order valence-corrected chi connectivity index (χ1v) is 9.84. The molecule has 2 N–H and O–H groups in total. The number of fused-ring (bicyclic) bond motifs is 1. The summed E-state index contributed by atoms with van der Waals surface area (Å²) in [5, 5.41) is 5.77. The minimum atomic E-state index is -1.07. The van der Waals surface area contributed by atoms with E-state index in [0.717, 1.165) is 25.7 Å². The Balaban J connectivity index is 1.66. The fourth-order valence-electron chi connectivity index (χ4n) is 5.30. The van der Waals surface area contributed by atoms with Gasteiger partial charge in [-0.25, -0.2) is 0 Å². The molecule has 0 aromatic rings. The van der Waals surface area contributed by atoms with Gasteiger partial charge in [-0.2, -0.15) is 0 Å². The van der Waals surface area contributed by atoms with E-state index >= 15 is 0 Å². The number of nitrogens with one attached hydrogen (secondary N) is 2. The van der Waals surface area contributed by atoms with E-state index in [9.17, 15) is 14.4 Å². The average molecular weight is 373 g/mol. The Labute approximate surface area is 159 Å². The zero-order valence-corrected chi connectivity index (χ0v) is 15.6. The number of hydrogen-bond donors (Lipinski definition) is 2. The summed E-state index contributed by atoms with van der Waals surface area (Å²) in [6.07, 6.45) is 10.1. The van der Waals surface area contributed by atoms with E-state index in [1.54, 1.807) is 13.1 Å². The van der Waals surface area contributed by atoms with Crippen LogP contribution in [0.25, 0.3) is 0 Å². The van der Waals surface area contributed by atoms with Crippen molar-refractivity contribution < 1.29 is 19.1 Å². The van der Waals surface area contributed by atoms with E-state index < -0.39 is 29.6 Å². The third-order valence-electron chi connectivity index (χ3n) is 6.45. The molecule has 1 aliphatic carbocycles. The second-order valence-corrected chi connectivity index (χ2v) is 7.94. The first-order valence-electron chi connectivity index (χ1n) is 9.84. The maximum atomic E-state index is 13.3. The molecule has 7 nitrogen and oxygen atoms in total. The molecular weight excluding hydrogens is 346 g/mol. The van der Waals surface area contributed by atoms with Crippen molar-refractivity contribution in [1.82, 2.24) is 15.5 Å². The summed E-state index contributed by atoms with van der Waals surface area (Å²) >= 11 is 0. The Kier molecular flexibility index (Phi) is 4.58. The third-order valence-corrected chi connectivity index (χ3v) is 6.45. The number of carbonyl (C=O) groups is 3. The van der Waals surface area contributed by atoms with Crippen LogP contribution in [0.2, 0.25) is 0 Å². The molecule has 3 amide bonds. The molecule has 3 aliphatic heterocycles. The Morgan fingerprint density at radius 2 is 2.07 bits per heavy atom. The SMILES string of the molecule is C=CCN1C(=O)C2C(C(=O)NC)C3C=CC2(O3)C1C(=O)NC1CCCCC1. The summed E-state index contributed by atoms with van der Waals surface area (Å²) in [5.74, 6) is -1.90. The Bertz CT molecular complexity index is 699. The van der Waals surface area contributed by atoms with Crippen molar-refractivity contribution >= 4 is 17.7 Å². The molecule has 146 valence electrons. The first kappa shape index (κ1) is 18.2. The van der Waals surface area contributed by atoms with Crippen LogP contribution in [-0.2, 0) is 19.1 Å². The monoisotopic (exact) mass is 373 g/mol. The summed E-state index contributed by atoms with van der Waals surface area (Å²) in [7, 11) is 1.55. The predicted molar refractivity (Wildman–Crippen MR) is 98.5 cm³/mol. The van der Waals surface area contributed by atoms with Crippen molar-refractivity contribution in [2.24, 2.45) is 11.8 Å². The lowest BCUT2D eigenvalue weighted by molar-refractivity contribution is -0.141. The Morgan fingerprint density at radius 3 is 2.74 bits per heavy atom. The van der Waals surface area contributed by atoms with Crippen molar-refractivity contribution in [3.8, 4) is 0 Å². The minimum absolute atomic E-state index is 0.139. The molecule has 2 saturated heterocycles. The summed E-state index contributed by atoms with van der Waals surface area (Å²) in [6.45, 7) is 3.98. The number of hydrogen-bond acceptors (Lipinski definition) is 4. The summed E-state index contributed by atoms with van der Waals surface area (Å²) in [6, 6.07) is -0.634. The highest BCUT2D eigenvalue weighted by molar-refractivity contribution is 5.99. The zero-order valence-electron chi connectivity index (χ0n) is 15.6. The van der Waals surface area contributed by atoms with E-state index in [4.69, 9.17) is 4.74 Å². The van der Waals surface area contributed by atoms with Crippen LogP contribution in [0.15, 0.2) is 24.8 Å². The lowest BCUT2D eigenvalue weighted by Gasteiger charge is -2.33. The van der Waals surface area contributed by atoms with Gasteiger partial charge < -0.3 is 20.3 Å². The number of rotatable bonds is 5. The molecule has 3 heterocycles. The van der Waals surface area contributed by atoms with Crippen LogP contribution < -0.4 is 10.6 Å². The molecule has 2 bridgehead atoms. The van der Waals surface area contributed by atoms with E-state index in [2.05, 4.69) is 17.2 Å². The average Bonchev–Trinajstić information content (AvgIpc) is 3.30. The fourth-order valence-corrected chi connectivity index (χ4v) is 5.30. The lowest BCUT2D eigenvalue weighted by Crippen LogP contribution is -2.56. The van der Waals surface area contributed by atoms with Crippen LogP contribution in [0, 0.1) is 11.8 Å². The maximum Gasteiger partial charge on any atom is 0.246 e. The number of amides is 3. The number of likely N-dealkylation sites (tertiary alicyclic amines) is 1. The minimum Gasteiger partial charge on any atom is -0.359 e. The van der Waals surface area contributed by atoms with Gasteiger partial charge in [-0.15, -0.1) is 6.58 Å². The third kappa shape index (κ3) is 2.63. The van der Waals surface area contributed by atoms with Crippen LogP contribution in [-0.4, -0.2) is 60.0 Å². The van der Waals surface area contributed by atoms with E-state index in [1.807, 2.05) is 12.2 Å². The van der Waals surface area contributed by atoms with Gasteiger partial charge in [0.05, 0.1) is 17.9 Å². The summed E-state index contributed by atoms with van der Waals surface area (Å²) in [4.78, 5) is 40.4. The topological polar surface area (TPSA) is 87.7 Å². The van der Waals surface area contributed by atoms with E-state index in [0.29, 0.717) is 0 Å². The molecule has 5 atom stereocenters. The summed E-state index contributed by atoms with van der Waals surface area (Å²) in [5.41, 5.74) is -1.07. The van der Waals surface area contributed by atoms with Gasteiger partial charge >= 0.3 is 0 Å². The molecular formula is C20H27N3O4. The van der Waals surface area contributed by atoms with Gasteiger partial charge in [-0.3, -0.25) is 14.4 Å². The van der Waals surface area contributed by atoms with Crippen molar-refractivity contribution in [2.75, 3.05) is 13.6 Å². The van der Waals surface area contributed by atoms with Gasteiger partial charge in [0.2, 0.25) is 17.7 Å². The predicted octanol–water partition coefficient (Wildman–Crippen LogP) is 0.518. The van der Waals surface area contributed by atoms with E-state index in [-0.39, 0.29) is 30.3 Å². The fraction of sp³-hybridized carbons (Fsp3) is 0.650. The van der Waals surface area contributed by atoms with Gasteiger partial charge in [-0.05, 0) is 12.8 Å². The van der Waals surface area contributed by atoms with Crippen molar-refractivity contribution in [3.63, 3.8) is 0 Å². The van der Waals surface area contributed by atoms with Crippen LogP contribution in [0.1, 0.15) is 32.1 Å². The standard InChI is InChI=1S/C20H27N3O4/c1-3-11-23-16(18(25)22-12-7-5-4-6-8-12)20-10-9-13(27-20)14(17(24)21-2)15(20)19(23)26/h3,9-10,12-16H,1,4-8,11H2,2H3,(H,21,24)(H,22,25). The van der Waals surface area contributed by atoms with Crippen LogP contribution in [0.5, 0.6) is 0 Å². The molecule has 0 aromatic carbocycles. The number of nitrogens with zero attached hydrogens (tertiary/aromatic N) is 1. The molecule has 4 aliphatic rings. The van der Waals surface area contributed by atoms with Crippen molar-refractivity contribution in [3.05, 3.63) is 24.8 Å². The highest BCUT2D eigenvalue weighted by atomic mass is 16.5. The van der Waals surface area contributed by atoms with Gasteiger partial charge in [0.25, 0.3) is 0 Å². The highest BCUT2D eigenvalue weighted by Crippen LogP contribution is 2.55. The molecule has 1 spiro atoms. The molecule has 7 heteroatoms. The number of ether oxygens (including phenoxy) is 1.